The Labute approximate surface area is 169 Å². The van der Waals surface area contributed by atoms with Gasteiger partial charge in [-0.25, -0.2) is 4.98 Å². The summed E-state index contributed by atoms with van der Waals surface area (Å²) < 4.78 is 1.24. The third kappa shape index (κ3) is 3.48. The van der Waals surface area contributed by atoms with E-state index in [9.17, 15) is 14.4 Å². The van der Waals surface area contributed by atoms with E-state index in [1.807, 2.05) is 0 Å². The van der Waals surface area contributed by atoms with Gasteiger partial charge >= 0.3 is 0 Å². The minimum absolute atomic E-state index is 0.190. The average Bonchev–Trinajstić information content (AvgIpc) is 3.06. The molecule has 2 heterocycles. The Morgan fingerprint density at radius 1 is 1.21 bits per heavy atom. The highest BCUT2D eigenvalue weighted by atomic mass is 35.5. The molecule has 0 saturated carbocycles. The topological polar surface area (TPSA) is 93.1 Å². The van der Waals surface area contributed by atoms with Crippen LogP contribution in [0.5, 0.6) is 0 Å². The number of rotatable bonds is 4. The van der Waals surface area contributed by atoms with Crippen molar-refractivity contribution in [2.45, 2.75) is 11.5 Å². The molecule has 2 amide bonds. The van der Waals surface area contributed by atoms with Crippen LogP contribution >= 0.6 is 23.4 Å². The normalized spacial score (nSPS) is 18.8. The zero-order valence-electron chi connectivity index (χ0n) is 14.5. The Balaban J connectivity index is 1.61. The number of thioether (sulfide) groups is 1. The number of aromatic nitrogens is 2. The van der Waals surface area contributed by atoms with Crippen molar-refractivity contribution in [2.24, 2.45) is 0 Å². The number of nitrogens with one attached hydrogen (secondary N) is 2. The minimum atomic E-state index is -1.10. The van der Waals surface area contributed by atoms with E-state index in [1.165, 1.54) is 22.7 Å². The lowest BCUT2D eigenvalue weighted by Gasteiger charge is -2.30. The predicted octanol–water partition coefficient (Wildman–Crippen LogP) is 1.84. The van der Waals surface area contributed by atoms with E-state index in [0.29, 0.717) is 21.5 Å². The number of fused-ring (bicyclic) bond motifs is 1. The first kappa shape index (κ1) is 18.5. The van der Waals surface area contributed by atoms with Crippen LogP contribution in [0.2, 0.25) is 5.02 Å². The first-order valence-electron chi connectivity index (χ1n) is 8.43. The Bertz CT molecular complexity index is 1130. The second kappa shape index (κ2) is 7.29. The number of amides is 2. The second-order valence-corrected chi connectivity index (χ2v) is 7.89. The van der Waals surface area contributed by atoms with Crippen LogP contribution in [0.25, 0.3) is 10.9 Å². The van der Waals surface area contributed by atoms with Gasteiger partial charge in [-0.1, -0.05) is 47.6 Å². The molecule has 1 aliphatic rings. The van der Waals surface area contributed by atoms with Crippen molar-refractivity contribution in [3.8, 4) is 0 Å². The van der Waals surface area contributed by atoms with Crippen LogP contribution in [0.15, 0.2) is 59.7 Å². The number of hydrogen-bond acceptors (Lipinski definition) is 5. The van der Waals surface area contributed by atoms with Crippen LogP contribution in [0.3, 0.4) is 0 Å². The van der Waals surface area contributed by atoms with Gasteiger partial charge in [-0.05, 0) is 24.3 Å². The van der Waals surface area contributed by atoms with E-state index < -0.39 is 10.9 Å². The summed E-state index contributed by atoms with van der Waals surface area (Å²) in [5.41, 5.74) is 0.954. The van der Waals surface area contributed by atoms with Crippen LogP contribution in [0, 0.1) is 0 Å². The maximum Gasteiger partial charge on any atom is 0.261 e. The number of para-hydroxylation sites is 1. The molecule has 1 atom stereocenters. The van der Waals surface area contributed by atoms with E-state index in [4.69, 9.17) is 11.6 Å². The van der Waals surface area contributed by atoms with E-state index in [2.05, 4.69) is 15.6 Å². The summed E-state index contributed by atoms with van der Waals surface area (Å²) in [5.74, 6) is -0.408. The summed E-state index contributed by atoms with van der Waals surface area (Å²) in [6.07, 6.45) is 1.35. The first-order chi connectivity index (χ1) is 13.5. The summed E-state index contributed by atoms with van der Waals surface area (Å²) in [5, 5.41) is 6.64. The molecule has 4 rings (SSSR count). The Morgan fingerprint density at radius 3 is 2.68 bits per heavy atom. The smallest absolute Gasteiger partial charge is 0.261 e. The van der Waals surface area contributed by atoms with Gasteiger partial charge in [0.2, 0.25) is 11.8 Å². The summed E-state index contributed by atoms with van der Waals surface area (Å²) in [7, 11) is 0. The molecule has 0 bridgehead atoms. The summed E-state index contributed by atoms with van der Waals surface area (Å²) in [4.78, 5) is 40.3. The maximum atomic E-state index is 12.7. The third-order valence-corrected chi connectivity index (χ3v) is 5.88. The number of carbonyl (C=O) groups excluding carboxylic acids is 2. The number of carbonyl (C=O) groups is 2. The molecule has 1 aliphatic heterocycles. The van der Waals surface area contributed by atoms with Gasteiger partial charge < -0.3 is 10.6 Å². The van der Waals surface area contributed by atoms with E-state index in [0.717, 1.165) is 0 Å². The number of halogens is 1. The molecule has 1 aromatic heterocycles. The van der Waals surface area contributed by atoms with Gasteiger partial charge in [0.1, 0.15) is 6.54 Å². The van der Waals surface area contributed by atoms with Gasteiger partial charge in [0.15, 0.2) is 4.99 Å². The summed E-state index contributed by atoms with van der Waals surface area (Å²) >= 11 is 7.21. The molecule has 28 heavy (non-hydrogen) atoms. The van der Waals surface area contributed by atoms with Crippen molar-refractivity contribution in [2.75, 3.05) is 5.75 Å². The zero-order valence-corrected chi connectivity index (χ0v) is 16.1. The molecule has 142 valence electrons. The van der Waals surface area contributed by atoms with E-state index >= 15 is 0 Å². The highest BCUT2D eigenvalue weighted by molar-refractivity contribution is 8.01. The number of hydrogen-bond donors (Lipinski definition) is 2. The van der Waals surface area contributed by atoms with Crippen molar-refractivity contribution in [1.82, 2.24) is 20.2 Å². The highest BCUT2D eigenvalue weighted by Gasteiger charge is 2.41. The molecule has 1 unspecified atom stereocenters. The molecule has 9 heteroatoms. The lowest BCUT2D eigenvalue weighted by atomic mass is 10.1. The average molecular weight is 415 g/mol. The molecular weight excluding hydrogens is 400 g/mol. The fourth-order valence-corrected chi connectivity index (χ4v) is 4.25. The lowest BCUT2D eigenvalue weighted by Crippen LogP contribution is -2.53. The van der Waals surface area contributed by atoms with Gasteiger partial charge in [-0.2, -0.15) is 0 Å². The fourth-order valence-electron chi connectivity index (χ4n) is 3.03. The zero-order chi connectivity index (χ0) is 19.7. The van der Waals surface area contributed by atoms with Crippen LogP contribution in [0.1, 0.15) is 5.56 Å². The summed E-state index contributed by atoms with van der Waals surface area (Å²) in [6, 6.07) is 13.8. The second-order valence-electron chi connectivity index (χ2n) is 6.27. The molecule has 0 radical (unpaired) electrons. The Kier molecular flexibility index (Phi) is 4.82. The fraction of sp³-hybridized carbons (Fsp3) is 0.158. The number of benzene rings is 2. The monoisotopic (exact) mass is 414 g/mol. The highest BCUT2D eigenvalue weighted by Crippen LogP contribution is 2.36. The van der Waals surface area contributed by atoms with Crippen molar-refractivity contribution in [3.63, 3.8) is 0 Å². The molecule has 2 N–H and O–H groups in total. The van der Waals surface area contributed by atoms with Crippen LogP contribution in [0.4, 0.5) is 0 Å². The van der Waals surface area contributed by atoms with Gasteiger partial charge in [-0.15, -0.1) is 0 Å². The number of nitrogens with zero attached hydrogens (tertiary/aromatic N) is 2. The summed E-state index contributed by atoms with van der Waals surface area (Å²) in [6.45, 7) is -0.220. The van der Waals surface area contributed by atoms with Crippen LogP contribution in [-0.4, -0.2) is 27.1 Å². The van der Waals surface area contributed by atoms with E-state index in [-0.39, 0.29) is 23.8 Å². The SMILES string of the molecule is O=C1CSC(NC(=O)Cn2cnc3ccccc3c2=O)(c2ccc(Cl)cc2)N1. The van der Waals surface area contributed by atoms with E-state index in [1.54, 1.807) is 48.5 Å². The molecule has 0 aliphatic carbocycles. The van der Waals surface area contributed by atoms with Gasteiger partial charge in [-0.3, -0.25) is 19.0 Å². The maximum absolute atomic E-state index is 12.7. The predicted molar refractivity (Wildman–Crippen MR) is 108 cm³/mol. The Morgan fingerprint density at radius 2 is 1.96 bits per heavy atom. The van der Waals surface area contributed by atoms with Gasteiger partial charge in [0.25, 0.3) is 5.56 Å². The molecule has 0 spiro atoms. The standard InChI is InChI=1S/C19H15ClN4O3S/c20-13-7-5-12(6-8-13)19(23-17(26)10-28-19)22-16(25)9-24-11-21-15-4-2-1-3-14(15)18(24)27/h1-8,11H,9-10H2,(H,22,25)(H,23,26). The van der Waals surface area contributed by atoms with Crippen molar-refractivity contribution >= 4 is 46.1 Å². The van der Waals surface area contributed by atoms with Gasteiger partial charge in [0, 0.05) is 10.6 Å². The lowest BCUT2D eigenvalue weighted by molar-refractivity contribution is -0.124. The molecule has 2 aromatic carbocycles. The largest absolute Gasteiger partial charge is 0.320 e. The molecule has 1 fully saturated rings. The van der Waals surface area contributed by atoms with Crippen molar-refractivity contribution < 1.29 is 9.59 Å². The first-order valence-corrected chi connectivity index (χ1v) is 9.79. The molecule has 1 saturated heterocycles. The quantitative estimate of drug-likeness (QED) is 0.679. The third-order valence-electron chi connectivity index (χ3n) is 4.35. The van der Waals surface area contributed by atoms with Gasteiger partial charge in [0.05, 0.1) is 23.0 Å². The minimum Gasteiger partial charge on any atom is -0.320 e. The Hall–Kier alpha value is -2.84. The van der Waals surface area contributed by atoms with Crippen LogP contribution in [-0.2, 0) is 21.1 Å². The van der Waals surface area contributed by atoms with Crippen LogP contribution < -0.4 is 16.2 Å². The molecular formula is C19H15ClN4O3S. The van der Waals surface area contributed by atoms with Crippen molar-refractivity contribution in [3.05, 3.63) is 75.8 Å². The van der Waals surface area contributed by atoms with Crippen molar-refractivity contribution in [1.29, 1.82) is 0 Å². The molecule has 7 nitrogen and oxygen atoms in total. The molecule has 3 aromatic rings.